The summed E-state index contributed by atoms with van der Waals surface area (Å²) in [4.78, 5) is 18.1. The Hall–Kier alpha value is -1.14. The number of aryl methyl sites for hydroxylation is 2. The molecule has 0 spiro atoms. The summed E-state index contributed by atoms with van der Waals surface area (Å²) in [5.41, 5.74) is 1.22. The van der Waals surface area contributed by atoms with Gasteiger partial charge in [0, 0.05) is 36.6 Å². The molecule has 2 N–H and O–H groups in total. The fourth-order valence-corrected chi connectivity index (χ4v) is 4.19. The summed E-state index contributed by atoms with van der Waals surface area (Å²) >= 11 is 1.80. The largest absolute Gasteiger partial charge is 0.381 e. The molecular weight excluding hydrogens is 286 g/mol. The van der Waals surface area contributed by atoms with Gasteiger partial charge in [0.1, 0.15) is 0 Å². The van der Waals surface area contributed by atoms with Crippen LogP contribution >= 0.6 is 11.3 Å². The molecule has 1 saturated heterocycles. The molecule has 1 fully saturated rings. The molecule has 0 radical (unpaired) electrons. The zero-order valence-electron chi connectivity index (χ0n) is 12.5. The maximum atomic E-state index is 12.0. The molecular formula is C15H23N3O2S. The van der Waals surface area contributed by atoms with Gasteiger partial charge in [0.05, 0.1) is 10.7 Å². The van der Waals surface area contributed by atoms with Crippen LogP contribution in [0.2, 0.25) is 0 Å². The molecule has 0 saturated carbocycles. The van der Waals surface area contributed by atoms with Crippen LogP contribution in [0.3, 0.4) is 0 Å². The van der Waals surface area contributed by atoms with Crippen molar-refractivity contribution in [2.75, 3.05) is 19.8 Å². The van der Waals surface area contributed by atoms with E-state index in [1.165, 1.54) is 17.0 Å². The predicted molar refractivity (Wildman–Crippen MR) is 82.9 cm³/mol. The Kier molecular flexibility index (Phi) is 4.75. The molecule has 3 rings (SSSR count). The van der Waals surface area contributed by atoms with E-state index in [1.54, 1.807) is 11.3 Å². The molecule has 2 heterocycles. The van der Waals surface area contributed by atoms with Crippen LogP contribution < -0.4 is 10.6 Å². The summed E-state index contributed by atoms with van der Waals surface area (Å²) < 4.78 is 5.30. The van der Waals surface area contributed by atoms with Gasteiger partial charge in [-0.2, -0.15) is 0 Å². The van der Waals surface area contributed by atoms with Gasteiger partial charge >= 0.3 is 6.03 Å². The normalized spacial score (nSPS) is 22.6. The fraction of sp³-hybridized carbons (Fsp3) is 0.733. The number of ether oxygens (including phenoxy) is 1. The number of thiazole rings is 1. The maximum absolute atomic E-state index is 12.0. The Morgan fingerprint density at radius 3 is 3.00 bits per heavy atom. The molecule has 2 amide bonds. The molecule has 2 aliphatic rings. The summed E-state index contributed by atoms with van der Waals surface area (Å²) in [5, 5.41) is 7.20. The van der Waals surface area contributed by atoms with Crippen molar-refractivity contribution >= 4 is 17.4 Å². The molecule has 1 aromatic rings. The smallest absolute Gasteiger partial charge is 0.315 e. The number of rotatable bonds is 3. The molecule has 1 aliphatic carbocycles. The van der Waals surface area contributed by atoms with Crippen LogP contribution in [0.4, 0.5) is 4.79 Å². The summed E-state index contributed by atoms with van der Waals surface area (Å²) in [6.07, 6.45) is 5.28. The van der Waals surface area contributed by atoms with Gasteiger partial charge in [-0.05, 0) is 39.0 Å². The van der Waals surface area contributed by atoms with E-state index >= 15 is 0 Å². The Balaban J connectivity index is 1.50. The standard InChI is InChI=1S/C15H23N3O2S/c1-10-17-14-11(3-2-4-13(14)21-10)9-16-15(19)18-12-5-7-20-8-6-12/h11-12H,2-9H2,1H3,(H2,16,18,19)/t11-/m1/s1. The lowest BCUT2D eigenvalue weighted by Crippen LogP contribution is -2.45. The van der Waals surface area contributed by atoms with E-state index in [-0.39, 0.29) is 12.1 Å². The first-order valence-electron chi connectivity index (χ1n) is 7.80. The van der Waals surface area contributed by atoms with Crippen LogP contribution in [-0.4, -0.2) is 36.8 Å². The van der Waals surface area contributed by atoms with Crippen molar-refractivity contribution in [3.05, 3.63) is 15.6 Å². The summed E-state index contributed by atoms with van der Waals surface area (Å²) in [6, 6.07) is 0.197. The lowest BCUT2D eigenvalue weighted by molar-refractivity contribution is 0.0800. The quantitative estimate of drug-likeness (QED) is 0.901. The van der Waals surface area contributed by atoms with Gasteiger partial charge in [0.15, 0.2) is 0 Å². The highest BCUT2D eigenvalue weighted by Crippen LogP contribution is 2.34. The Labute approximate surface area is 129 Å². The van der Waals surface area contributed by atoms with E-state index in [0.29, 0.717) is 12.5 Å². The predicted octanol–water partition coefficient (Wildman–Crippen LogP) is 2.35. The maximum Gasteiger partial charge on any atom is 0.315 e. The number of carbonyl (C=O) groups is 1. The number of nitrogens with one attached hydrogen (secondary N) is 2. The third-order valence-electron chi connectivity index (χ3n) is 4.24. The van der Waals surface area contributed by atoms with Crippen molar-refractivity contribution in [2.24, 2.45) is 0 Å². The SMILES string of the molecule is Cc1nc2c(s1)CCC[C@@H]2CNC(=O)NC1CCOCC1. The van der Waals surface area contributed by atoms with E-state index in [9.17, 15) is 4.79 Å². The number of urea groups is 1. The second-order valence-electron chi connectivity index (χ2n) is 5.87. The van der Waals surface area contributed by atoms with Crippen molar-refractivity contribution in [2.45, 2.75) is 51.0 Å². The summed E-state index contributed by atoms with van der Waals surface area (Å²) in [7, 11) is 0. The van der Waals surface area contributed by atoms with Crippen LogP contribution in [0.5, 0.6) is 0 Å². The molecule has 5 nitrogen and oxygen atoms in total. The van der Waals surface area contributed by atoms with Gasteiger partial charge in [0.2, 0.25) is 0 Å². The molecule has 0 unspecified atom stereocenters. The van der Waals surface area contributed by atoms with Crippen LogP contribution in [0.15, 0.2) is 0 Å². The number of hydrogen-bond acceptors (Lipinski definition) is 4. The second kappa shape index (κ2) is 6.75. The average Bonchev–Trinajstić information content (AvgIpc) is 2.87. The number of carbonyl (C=O) groups excluding carboxylic acids is 1. The highest BCUT2D eigenvalue weighted by Gasteiger charge is 2.24. The number of amides is 2. The third kappa shape index (κ3) is 3.74. The minimum Gasteiger partial charge on any atom is -0.381 e. The molecule has 1 aliphatic heterocycles. The molecule has 1 atom stereocenters. The van der Waals surface area contributed by atoms with Crippen molar-refractivity contribution < 1.29 is 9.53 Å². The molecule has 116 valence electrons. The first-order chi connectivity index (χ1) is 10.2. The number of nitrogens with zero attached hydrogens (tertiary/aromatic N) is 1. The van der Waals surface area contributed by atoms with Crippen LogP contribution in [0, 0.1) is 6.92 Å². The van der Waals surface area contributed by atoms with Crippen LogP contribution in [-0.2, 0) is 11.2 Å². The van der Waals surface area contributed by atoms with Crippen molar-refractivity contribution in [3.63, 3.8) is 0 Å². The van der Waals surface area contributed by atoms with Crippen molar-refractivity contribution in [1.82, 2.24) is 15.6 Å². The second-order valence-corrected chi connectivity index (χ2v) is 7.16. The Morgan fingerprint density at radius 2 is 2.19 bits per heavy atom. The van der Waals surface area contributed by atoms with Gasteiger partial charge in [-0.15, -0.1) is 11.3 Å². The van der Waals surface area contributed by atoms with E-state index in [4.69, 9.17) is 4.74 Å². The van der Waals surface area contributed by atoms with Gasteiger partial charge < -0.3 is 15.4 Å². The van der Waals surface area contributed by atoms with Gasteiger partial charge in [-0.1, -0.05) is 0 Å². The molecule has 1 aromatic heterocycles. The lowest BCUT2D eigenvalue weighted by Gasteiger charge is -2.25. The number of aromatic nitrogens is 1. The fourth-order valence-electron chi connectivity index (χ4n) is 3.12. The first-order valence-corrected chi connectivity index (χ1v) is 8.62. The zero-order chi connectivity index (χ0) is 14.7. The van der Waals surface area contributed by atoms with E-state index < -0.39 is 0 Å². The number of fused-ring (bicyclic) bond motifs is 1. The lowest BCUT2D eigenvalue weighted by atomic mass is 9.91. The molecule has 0 aromatic carbocycles. The monoisotopic (exact) mass is 309 g/mol. The van der Waals surface area contributed by atoms with Crippen molar-refractivity contribution in [3.8, 4) is 0 Å². The minimum absolute atomic E-state index is 0.0547. The molecule has 0 bridgehead atoms. The Morgan fingerprint density at radius 1 is 1.38 bits per heavy atom. The average molecular weight is 309 g/mol. The Bertz CT molecular complexity index is 497. The highest BCUT2D eigenvalue weighted by molar-refractivity contribution is 7.11. The van der Waals surface area contributed by atoms with E-state index in [1.807, 2.05) is 0 Å². The topological polar surface area (TPSA) is 63.2 Å². The highest BCUT2D eigenvalue weighted by atomic mass is 32.1. The van der Waals surface area contributed by atoms with Crippen molar-refractivity contribution in [1.29, 1.82) is 0 Å². The van der Waals surface area contributed by atoms with Crippen LogP contribution in [0.25, 0.3) is 0 Å². The van der Waals surface area contributed by atoms with Gasteiger partial charge in [-0.25, -0.2) is 9.78 Å². The third-order valence-corrected chi connectivity index (χ3v) is 5.29. The first kappa shape index (κ1) is 14.8. The molecule has 6 heteroatoms. The van der Waals surface area contributed by atoms with E-state index in [2.05, 4.69) is 22.5 Å². The zero-order valence-corrected chi connectivity index (χ0v) is 13.3. The summed E-state index contributed by atoms with van der Waals surface area (Å²) in [6.45, 7) is 4.24. The van der Waals surface area contributed by atoms with Gasteiger partial charge in [0.25, 0.3) is 0 Å². The minimum atomic E-state index is -0.0547. The van der Waals surface area contributed by atoms with Gasteiger partial charge in [-0.3, -0.25) is 0 Å². The van der Waals surface area contributed by atoms with E-state index in [0.717, 1.165) is 43.9 Å². The summed E-state index contributed by atoms with van der Waals surface area (Å²) in [5.74, 6) is 0.374. The number of hydrogen-bond donors (Lipinski definition) is 2. The molecule has 21 heavy (non-hydrogen) atoms. The van der Waals surface area contributed by atoms with Crippen LogP contribution in [0.1, 0.15) is 47.2 Å².